The van der Waals surface area contributed by atoms with Gasteiger partial charge in [-0.2, -0.15) is 13.2 Å². The summed E-state index contributed by atoms with van der Waals surface area (Å²) in [6.45, 7) is -0.0645. The number of nitrogens with one attached hydrogen (secondary N) is 1. The average Bonchev–Trinajstić information content (AvgIpc) is 2.92. The molecule has 3 aromatic rings. The van der Waals surface area contributed by atoms with Crippen molar-refractivity contribution < 1.29 is 41.1 Å². The van der Waals surface area contributed by atoms with Crippen LogP contribution in [0, 0.1) is 0 Å². The van der Waals surface area contributed by atoms with E-state index in [2.05, 4.69) is 0 Å². The molecule has 2 N–H and O–H groups in total. The number of nitrogens with zero attached hydrogens (tertiary/aromatic N) is 1. The lowest BCUT2D eigenvalue weighted by atomic mass is 9.94. The number of benzene rings is 3. The smallest absolute Gasteiger partial charge is 0.416 e. The van der Waals surface area contributed by atoms with Gasteiger partial charge < -0.3 is 9.64 Å². The zero-order valence-corrected chi connectivity index (χ0v) is 20.6. The molecule has 0 spiro atoms. The van der Waals surface area contributed by atoms with Crippen molar-refractivity contribution in [2.75, 3.05) is 13.1 Å². The molecule has 1 aliphatic rings. The molecule has 200 valence electrons. The van der Waals surface area contributed by atoms with E-state index in [0.717, 1.165) is 24.3 Å². The van der Waals surface area contributed by atoms with Crippen LogP contribution in [-0.4, -0.2) is 48.2 Å². The minimum Gasteiger partial charge on any atom is -0.457 e. The highest BCUT2D eigenvalue weighted by molar-refractivity contribution is 7.93. The second kappa shape index (κ2) is 10.5. The zero-order valence-electron chi connectivity index (χ0n) is 19.8. The molecule has 0 atom stereocenters. The lowest BCUT2D eigenvalue weighted by Gasteiger charge is -2.39. The molecule has 1 heterocycles. The lowest BCUT2D eigenvalue weighted by molar-refractivity contribution is -0.137. The van der Waals surface area contributed by atoms with Gasteiger partial charge in [0.1, 0.15) is 11.5 Å². The van der Waals surface area contributed by atoms with Gasteiger partial charge >= 0.3 is 6.18 Å². The van der Waals surface area contributed by atoms with Crippen LogP contribution in [0.3, 0.4) is 0 Å². The number of amides is 2. The number of carbonyl (C=O) groups excluding carboxylic acids is 2. The van der Waals surface area contributed by atoms with Gasteiger partial charge in [-0.05, 0) is 73.5 Å². The molecular weight excluding hydrogens is 525 g/mol. The van der Waals surface area contributed by atoms with Crippen molar-refractivity contribution in [2.45, 2.75) is 28.7 Å². The highest BCUT2D eigenvalue weighted by Crippen LogP contribution is 2.37. The van der Waals surface area contributed by atoms with Crippen molar-refractivity contribution in [3.05, 3.63) is 90.0 Å². The van der Waals surface area contributed by atoms with Gasteiger partial charge in [-0.25, -0.2) is 13.9 Å². The highest BCUT2D eigenvalue weighted by atomic mass is 32.2. The van der Waals surface area contributed by atoms with Crippen LogP contribution in [0.15, 0.2) is 83.8 Å². The Morgan fingerprint density at radius 3 is 1.89 bits per heavy atom. The van der Waals surface area contributed by atoms with E-state index in [9.17, 15) is 36.4 Å². The van der Waals surface area contributed by atoms with Crippen LogP contribution in [0.25, 0.3) is 0 Å². The van der Waals surface area contributed by atoms with Gasteiger partial charge in [0, 0.05) is 18.7 Å². The topological polar surface area (TPSA) is 113 Å². The Morgan fingerprint density at radius 2 is 1.39 bits per heavy atom. The van der Waals surface area contributed by atoms with Gasteiger partial charge in [-0.3, -0.25) is 14.8 Å². The number of ether oxygens (including phenoxy) is 1. The molecule has 0 bridgehead atoms. The second-order valence-corrected chi connectivity index (χ2v) is 11.0. The lowest BCUT2D eigenvalue weighted by Crippen LogP contribution is -2.58. The largest absolute Gasteiger partial charge is 0.457 e. The Morgan fingerprint density at radius 1 is 0.868 bits per heavy atom. The van der Waals surface area contributed by atoms with E-state index in [1.165, 1.54) is 34.6 Å². The van der Waals surface area contributed by atoms with Gasteiger partial charge in [0.25, 0.3) is 11.8 Å². The number of hydrogen-bond donors (Lipinski definition) is 2. The first-order valence-electron chi connectivity index (χ1n) is 11.5. The Balaban J connectivity index is 1.52. The minimum atomic E-state index is -4.49. The third-order valence-electron chi connectivity index (χ3n) is 6.46. The van der Waals surface area contributed by atoms with Crippen molar-refractivity contribution in [3.63, 3.8) is 0 Å². The summed E-state index contributed by atoms with van der Waals surface area (Å²) in [5.41, 5.74) is 1.05. The van der Waals surface area contributed by atoms with Crippen LogP contribution in [-0.2, 0) is 20.8 Å². The highest BCUT2D eigenvalue weighted by Gasteiger charge is 2.53. The number of alkyl halides is 3. The third kappa shape index (κ3) is 5.22. The van der Waals surface area contributed by atoms with Crippen LogP contribution < -0.4 is 10.2 Å². The number of piperidine rings is 1. The Kier molecular flexibility index (Phi) is 7.47. The van der Waals surface area contributed by atoms with Gasteiger partial charge in [0.15, 0.2) is 14.6 Å². The molecular formula is C26H23F3N2O6S. The minimum absolute atomic E-state index is 0.0322. The molecule has 8 nitrogen and oxygen atoms in total. The summed E-state index contributed by atoms with van der Waals surface area (Å²) < 4.78 is 69.0. The summed E-state index contributed by atoms with van der Waals surface area (Å²) in [7, 11) is -4.35. The SMILES string of the molecule is O=C(c1ccccc1)N1CCC(C(=O)NO)(S(=O)(=O)c2ccc(Oc3ccc(C(F)(F)F)cc3)cc2)CC1. The van der Waals surface area contributed by atoms with Crippen LogP contribution in [0.2, 0.25) is 0 Å². The van der Waals surface area contributed by atoms with E-state index in [4.69, 9.17) is 4.74 Å². The number of carbonyl (C=O) groups is 2. The number of likely N-dealkylation sites (tertiary alicyclic amines) is 1. The van der Waals surface area contributed by atoms with Crippen molar-refractivity contribution in [1.29, 1.82) is 0 Å². The maximum absolute atomic E-state index is 13.6. The predicted octanol–water partition coefficient (Wildman–Crippen LogP) is 4.45. The molecule has 0 saturated carbocycles. The quantitative estimate of drug-likeness (QED) is 0.348. The molecule has 0 aromatic heterocycles. The first-order valence-corrected chi connectivity index (χ1v) is 12.9. The molecule has 38 heavy (non-hydrogen) atoms. The monoisotopic (exact) mass is 548 g/mol. The van der Waals surface area contributed by atoms with Crippen LogP contribution in [0.5, 0.6) is 11.5 Å². The molecule has 0 aliphatic carbocycles. The van der Waals surface area contributed by atoms with E-state index < -0.39 is 32.2 Å². The average molecular weight is 549 g/mol. The van der Waals surface area contributed by atoms with Gasteiger partial charge in [-0.1, -0.05) is 18.2 Å². The van der Waals surface area contributed by atoms with E-state index in [1.54, 1.807) is 30.3 Å². The normalized spacial score (nSPS) is 15.5. The Bertz CT molecular complexity index is 1400. The Hall–Kier alpha value is -3.90. The first-order chi connectivity index (χ1) is 18.0. The molecule has 1 fully saturated rings. The molecule has 0 unspecified atom stereocenters. The standard InChI is InChI=1S/C26H23F3N2O6S/c27-26(28,29)19-6-8-20(9-7-19)37-21-10-12-22(13-11-21)38(35,36)25(24(33)30-34)14-16-31(17-15-25)23(32)18-4-2-1-3-5-18/h1-13,34H,14-17H2,(H,30,33). The number of hydroxylamine groups is 1. The van der Waals surface area contributed by atoms with Crippen LogP contribution >= 0.6 is 0 Å². The van der Waals surface area contributed by atoms with E-state index >= 15 is 0 Å². The molecule has 0 radical (unpaired) electrons. The molecule has 2 amide bonds. The maximum atomic E-state index is 13.6. The predicted molar refractivity (Wildman–Crippen MR) is 129 cm³/mol. The fourth-order valence-electron chi connectivity index (χ4n) is 4.31. The summed E-state index contributed by atoms with van der Waals surface area (Å²) in [5, 5.41) is 9.36. The Labute approximate surface area is 216 Å². The molecule has 12 heteroatoms. The number of halogens is 3. The molecule has 4 rings (SSSR count). The van der Waals surface area contributed by atoms with E-state index in [-0.39, 0.29) is 48.2 Å². The summed E-state index contributed by atoms with van der Waals surface area (Å²) in [6, 6.07) is 17.5. The summed E-state index contributed by atoms with van der Waals surface area (Å²) in [4.78, 5) is 26.7. The van der Waals surface area contributed by atoms with E-state index in [1.807, 2.05) is 0 Å². The fourth-order valence-corrected chi connectivity index (χ4v) is 6.27. The van der Waals surface area contributed by atoms with Crippen LogP contribution in [0.1, 0.15) is 28.8 Å². The summed E-state index contributed by atoms with van der Waals surface area (Å²) >= 11 is 0. The number of hydrogen-bond acceptors (Lipinski definition) is 6. The number of sulfone groups is 1. The molecule has 1 saturated heterocycles. The second-order valence-electron chi connectivity index (χ2n) is 8.69. The van der Waals surface area contributed by atoms with E-state index in [0.29, 0.717) is 5.56 Å². The van der Waals surface area contributed by atoms with Gasteiger partial charge in [0.2, 0.25) is 0 Å². The first kappa shape index (κ1) is 27.1. The van der Waals surface area contributed by atoms with Crippen LogP contribution in [0.4, 0.5) is 13.2 Å². The van der Waals surface area contributed by atoms with Gasteiger partial charge in [-0.15, -0.1) is 0 Å². The summed E-state index contributed by atoms with van der Waals surface area (Å²) in [6.07, 6.45) is -4.98. The zero-order chi connectivity index (χ0) is 27.6. The third-order valence-corrected chi connectivity index (χ3v) is 8.98. The molecule has 1 aliphatic heterocycles. The van der Waals surface area contributed by atoms with Gasteiger partial charge in [0.05, 0.1) is 10.5 Å². The van der Waals surface area contributed by atoms with Crippen molar-refractivity contribution >= 4 is 21.7 Å². The fraction of sp³-hybridized carbons (Fsp3) is 0.231. The van der Waals surface area contributed by atoms with Crippen molar-refractivity contribution in [3.8, 4) is 11.5 Å². The summed E-state index contributed by atoms with van der Waals surface area (Å²) in [5.74, 6) is -1.13. The van der Waals surface area contributed by atoms with Crippen molar-refractivity contribution in [1.82, 2.24) is 10.4 Å². The number of rotatable bonds is 6. The molecule has 3 aromatic carbocycles. The van der Waals surface area contributed by atoms with Crippen molar-refractivity contribution in [2.24, 2.45) is 0 Å². The maximum Gasteiger partial charge on any atom is 0.416 e.